The third-order valence-electron chi connectivity index (χ3n) is 3.82. The second-order valence-electron chi connectivity index (χ2n) is 5.68. The number of carbonyl (C=O) groups is 1. The summed E-state index contributed by atoms with van der Waals surface area (Å²) in [6.45, 7) is 4.30. The summed E-state index contributed by atoms with van der Waals surface area (Å²) in [7, 11) is 0. The van der Waals surface area contributed by atoms with Crippen molar-refractivity contribution in [1.82, 2.24) is 15.5 Å². The molecule has 0 unspecified atom stereocenters. The lowest BCUT2D eigenvalue weighted by molar-refractivity contribution is -0.120. The fourth-order valence-electron chi connectivity index (χ4n) is 2.60. The van der Waals surface area contributed by atoms with Crippen molar-refractivity contribution in [2.24, 2.45) is 0 Å². The van der Waals surface area contributed by atoms with Gasteiger partial charge in [0, 0.05) is 29.6 Å². The Kier molecular flexibility index (Phi) is 4.70. The van der Waals surface area contributed by atoms with Gasteiger partial charge < -0.3 is 9.84 Å². The van der Waals surface area contributed by atoms with Gasteiger partial charge in [0.25, 0.3) is 0 Å². The molecule has 0 radical (unpaired) electrons. The SMILES string of the molecule is Cc1noc(C)c1-c1ccc(CC(=O)NCc2ccccc2)nc1. The van der Waals surface area contributed by atoms with E-state index in [1.165, 1.54) is 0 Å². The molecule has 5 nitrogen and oxygen atoms in total. The van der Waals surface area contributed by atoms with Crippen LogP contribution in [0, 0.1) is 13.8 Å². The van der Waals surface area contributed by atoms with Crippen molar-refractivity contribution in [3.63, 3.8) is 0 Å². The zero-order valence-electron chi connectivity index (χ0n) is 13.7. The molecule has 0 saturated heterocycles. The number of hydrogen-bond acceptors (Lipinski definition) is 4. The van der Waals surface area contributed by atoms with Crippen molar-refractivity contribution in [2.45, 2.75) is 26.8 Å². The van der Waals surface area contributed by atoms with Gasteiger partial charge in [-0.2, -0.15) is 0 Å². The smallest absolute Gasteiger partial charge is 0.226 e. The first-order valence-corrected chi connectivity index (χ1v) is 7.82. The van der Waals surface area contributed by atoms with Gasteiger partial charge in [0.1, 0.15) is 5.76 Å². The highest BCUT2D eigenvalue weighted by molar-refractivity contribution is 5.78. The van der Waals surface area contributed by atoms with Crippen LogP contribution in [0.3, 0.4) is 0 Å². The van der Waals surface area contributed by atoms with E-state index >= 15 is 0 Å². The molecule has 0 aliphatic heterocycles. The van der Waals surface area contributed by atoms with Crippen LogP contribution >= 0.6 is 0 Å². The van der Waals surface area contributed by atoms with Crippen LogP contribution in [0.15, 0.2) is 53.2 Å². The van der Waals surface area contributed by atoms with Gasteiger partial charge >= 0.3 is 0 Å². The lowest BCUT2D eigenvalue weighted by Gasteiger charge is -2.06. The van der Waals surface area contributed by atoms with Gasteiger partial charge in [0.2, 0.25) is 5.91 Å². The number of carbonyl (C=O) groups excluding carboxylic acids is 1. The molecule has 1 aromatic carbocycles. The summed E-state index contributed by atoms with van der Waals surface area (Å²) in [6.07, 6.45) is 2.01. The van der Waals surface area contributed by atoms with Crippen molar-refractivity contribution in [3.05, 3.63) is 71.4 Å². The van der Waals surface area contributed by atoms with Crippen LogP contribution in [0.5, 0.6) is 0 Å². The maximum Gasteiger partial charge on any atom is 0.226 e. The fourth-order valence-corrected chi connectivity index (χ4v) is 2.60. The molecule has 122 valence electrons. The Labute approximate surface area is 140 Å². The number of nitrogens with one attached hydrogen (secondary N) is 1. The second kappa shape index (κ2) is 7.08. The van der Waals surface area contributed by atoms with E-state index in [0.717, 1.165) is 33.8 Å². The molecule has 0 bridgehead atoms. The quantitative estimate of drug-likeness (QED) is 0.783. The van der Waals surface area contributed by atoms with Gasteiger partial charge in [-0.15, -0.1) is 0 Å². The Balaban J connectivity index is 1.61. The minimum atomic E-state index is -0.0450. The number of pyridine rings is 1. The van der Waals surface area contributed by atoms with Crippen LogP contribution in [0.1, 0.15) is 22.7 Å². The number of hydrogen-bond donors (Lipinski definition) is 1. The predicted molar refractivity (Wildman–Crippen MR) is 91.2 cm³/mol. The first-order chi connectivity index (χ1) is 11.6. The molecule has 1 N–H and O–H groups in total. The first kappa shape index (κ1) is 15.9. The summed E-state index contributed by atoms with van der Waals surface area (Å²) in [5, 5.41) is 6.85. The van der Waals surface area contributed by atoms with Crippen LogP contribution in [0.2, 0.25) is 0 Å². The van der Waals surface area contributed by atoms with E-state index in [9.17, 15) is 4.79 Å². The number of benzene rings is 1. The second-order valence-corrected chi connectivity index (χ2v) is 5.68. The Morgan fingerprint density at radius 2 is 1.92 bits per heavy atom. The lowest BCUT2D eigenvalue weighted by Crippen LogP contribution is -2.24. The normalized spacial score (nSPS) is 10.6. The van der Waals surface area contributed by atoms with Gasteiger partial charge in [-0.25, -0.2) is 0 Å². The zero-order chi connectivity index (χ0) is 16.9. The van der Waals surface area contributed by atoms with Crippen molar-refractivity contribution >= 4 is 5.91 Å². The average molecular weight is 321 g/mol. The third kappa shape index (κ3) is 3.68. The van der Waals surface area contributed by atoms with Crippen molar-refractivity contribution in [3.8, 4) is 11.1 Å². The molecule has 0 spiro atoms. The minimum Gasteiger partial charge on any atom is -0.361 e. The van der Waals surface area contributed by atoms with Crippen LogP contribution in [-0.4, -0.2) is 16.0 Å². The first-order valence-electron chi connectivity index (χ1n) is 7.82. The number of rotatable bonds is 5. The van der Waals surface area contributed by atoms with E-state index in [1.54, 1.807) is 6.20 Å². The van der Waals surface area contributed by atoms with E-state index in [1.807, 2.05) is 56.3 Å². The van der Waals surface area contributed by atoms with E-state index < -0.39 is 0 Å². The number of amides is 1. The maximum absolute atomic E-state index is 12.0. The van der Waals surface area contributed by atoms with Crippen LogP contribution in [0.4, 0.5) is 0 Å². The average Bonchev–Trinajstić information content (AvgIpc) is 2.93. The van der Waals surface area contributed by atoms with Crippen molar-refractivity contribution in [1.29, 1.82) is 0 Å². The summed E-state index contributed by atoms with van der Waals surface area (Å²) >= 11 is 0. The van der Waals surface area contributed by atoms with E-state index in [2.05, 4.69) is 15.5 Å². The molecule has 3 aromatic rings. The Bertz CT molecular complexity index is 804. The van der Waals surface area contributed by atoms with Crippen molar-refractivity contribution < 1.29 is 9.32 Å². The number of aromatic nitrogens is 2. The van der Waals surface area contributed by atoms with E-state index in [4.69, 9.17) is 4.52 Å². The largest absolute Gasteiger partial charge is 0.361 e. The third-order valence-corrected chi connectivity index (χ3v) is 3.82. The van der Waals surface area contributed by atoms with E-state index in [-0.39, 0.29) is 12.3 Å². The molecule has 2 heterocycles. The fraction of sp³-hybridized carbons (Fsp3) is 0.211. The van der Waals surface area contributed by atoms with Crippen LogP contribution in [-0.2, 0) is 17.8 Å². The molecule has 24 heavy (non-hydrogen) atoms. The highest BCUT2D eigenvalue weighted by Gasteiger charge is 2.12. The monoisotopic (exact) mass is 321 g/mol. The number of aryl methyl sites for hydroxylation is 2. The van der Waals surface area contributed by atoms with Gasteiger partial charge in [-0.05, 0) is 25.5 Å². The molecular weight excluding hydrogens is 302 g/mol. The topological polar surface area (TPSA) is 68.0 Å². The van der Waals surface area contributed by atoms with Crippen LogP contribution < -0.4 is 5.32 Å². The van der Waals surface area contributed by atoms with Crippen LogP contribution in [0.25, 0.3) is 11.1 Å². The van der Waals surface area contributed by atoms with Gasteiger partial charge in [-0.1, -0.05) is 41.6 Å². The predicted octanol–water partition coefficient (Wildman–Crippen LogP) is 3.21. The summed E-state index contributed by atoms with van der Waals surface area (Å²) < 4.78 is 5.18. The molecule has 1 amide bonds. The Morgan fingerprint density at radius 3 is 2.54 bits per heavy atom. The molecule has 3 rings (SSSR count). The molecule has 0 aliphatic carbocycles. The zero-order valence-corrected chi connectivity index (χ0v) is 13.7. The summed E-state index contributed by atoms with van der Waals surface area (Å²) in [6, 6.07) is 13.6. The number of nitrogens with zero attached hydrogens (tertiary/aromatic N) is 2. The minimum absolute atomic E-state index is 0.0450. The summed E-state index contributed by atoms with van der Waals surface area (Å²) in [5.41, 5.74) is 4.55. The van der Waals surface area contributed by atoms with Gasteiger partial charge in [-0.3, -0.25) is 9.78 Å². The molecule has 0 aliphatic rings. The standard InChI is InChI=1S/C19H19N3O2/c1-13-19(14(2)24-22-13)16-8-9-17(20-12-16)10-18(23)21-11-15-6-4-3-5-7-15/h3-9,12H,10-11H2,1-2H3,(H,21,23). The maximum atomic E-state index is 12.0. The van der Waals surface area contributed by atoms with E-state index in [0.29, 0.717) is 6.54 Å². The molecule has 2 aromatic heterocycles. The highest BCUT2D eigenvalue weighted by atomic mass is 16.5. The molecular formula is C19H19N3O2. The Hall–Kier alpha value is -2.95. The van der Waals surface area contributed by atoms with Gasteiger partial charge in [0.15, 0.2) is 0 Å². The molecule has 0 fully saturated rings. The Morgan fingerprint density at radius 1 is 1.12 bits per heavy atom. The summed E-state index contributed by atoms with van der Waals surface area (Å²) in [5.74, 6) is 0.721. The molecule has 5 heteroatoms. The highest BCUT2D eigenvalue weighted by Crippen LogP contribution is 2.26. The molecule has 0 atom stereocenters. The van der Waals surface area contributed by atoms with Crippen molar-refractivity contribution in [2.75, 3.05) is 0 Å². The van der Waals surface area contributed by atoms with Gasteiger partial charge in [0.05, 0.1) is 12.1 Å². The summed E-state index contributed by atoms with van der Waals surface area (Å²) in [4.78, 5) is 16.4. The molecule has 0 saturated carbocycles. The lowest BCUT2D eigenvalue weighted by atomic mass is 10.1.